The van der Waals surface area contributed by atoms with Crippen LogP contribution in [0.15, 0.2) is 30.5 Å². The lowest BCUT2D eigenvalue weighted by atomic mass is 10.0. The third-order valence-corrected chi connectivity index (χ3v) is 5.28. The zero-order chi connectivity index (χ0) is 18.1. The number of aromatic amines is 1. The number of aromatic nitrogens is 1. The summed E-state index contributed by atoms with van der Waals surface area (Å²) in [5, 5.41) is 10.6. The Hall–Kier alpha value is -2.38. The van der Waals surface area contributed by atoms with Crippen LogP contribution in [0.4, 0.5) is 0 Å². The first-order valence-corrected chi connectivity index (χ1v) is 9.26. The van der Waals surface area contributed by atoms with Crippen molar-refractivity contribution in [3.63, 3.8) is 0 Å². The van der Waals surface area contributed by atoms with E-state index < -0.39 is 0 Å². The molecule has 0 saturated carbocycles. The van der Waals surface area contributed by atoms with Crippen LogP contribution in [0.1, 0.15) is 36.5 Å². The van der Waals surface area contributed by atoms with Crippen LogP contribution in [0.5, 0.6) is 0 Å². The van der Waals surface area contributed by atoms with Crippen molar-refractivity contribution in [1.82, 2.24) is 25.8 Å². The molecule has 26 heavy (non-hydrogen) atoms. The molecule has 138 valence electrons. The monoisotopic (exact) mass is 355 g/mol. The summed E-state index contributed by atoms with van der Waals surface area (Å²) in [6.07, 6.45) is 4.05. The number of carbonyl (C=O) groups excluding carboxylic acids is 2. The normalized spacial score (nSPS) is 25.2. The molecule has 3 heterocycles. The summed E-state index contributed by atoms with van der Waals surface area (Å²) in [5.74, 6) is 0.0705. The van der Waals surface area contributed by atoms with Crippen molar-refractivity contribution >= 4 is 22.7 Å². The molecule has 2 aliphatic rings. The van der Waals surface area contributed by atoms with Crippen LogP contribution in [-0.4, -0.2) is 53.2 Å². The summed E-state index contributed by atoms with van der Waals surface area (Å²) in [6, 6.07) is 8.03. The van der Waals surface area contributed by atoms with Crippen molar-refractivity contribution in [2.24, 2.45) is 0 Å². The number of hydrogen-bond acceptors (Lipinski definition) is 4. The number of rotatable bonds is 3. The molecule has 2 aromatic rings. The maximum atomic E-state index is 12.5. The Morgan fingerprint density at radius 1 is 1.23 bits per heavy atom. The molecule has 0 bridgehead atoms. The van der Waals surface area contributed by atoms with Crippen molar-refractivity contribution < 1.29 is 9.59 Å². The molecule has 7 heteroatoms. The van der Waals surface area contributed by atoms with Crippen LogP contribution in [-0.2, 0) is 4.79 Å². The van der Waals surface area contributed by atoms with Gasteiger partial charge >= 0.3 is 0 Å². The standard InChI is InChI=1S/C19H25N5O2/c1-12-10-17(25)23-19(21-12)24-8-5-15(6-9-24)22-18(26)14-2-3-16-13(11-14)4-7-20-16/h2-4,7,11-12,15,19-21H,5-6,8-10H2,1H3,(H,22,26)(H,23,25). The van der Waals surface area contributed by atoms with Gasteiger partial charge < -0.3 is 15.6 Å². The molecule has 7 nitrogen and oxygen atoms in total. The summed E-state index contributed by atoms with van der Waals surface area (Å²) in [6.45, 7) is 3.71. The van der Waals surface area contributed by atoms with Gasteiger partial charge in [-0.3, -0.25) is 19.8 Å². The summed E-state index contributed by atoms with van der Waals surface area (Å²) in [4.78, 5) is 29.6. The average Bonchev–Trinajstić information content (AvgIpc) is 3.09. The van der Waals surface area contributed by atoms with Crippen molar-refractivity contribution in [2.45, 2.75) is 44.6 Å². The smallest absolute Gasteiger partial charge is 0.251 e. The predicted molar refractivity (Wildman–Crippen MR) is 99.5 cm³/mol. The Balaban J connectivity index is 1.32. The molecule has 0 radical (unpaired) electrons. The summed E-state index contributed by atoms with van der Waals surface area (Å²) < 4.78 is 0. The third-order valence-electron chi connectivity index (χ3n) is 5.28. The fourth-order valence-electron chi connectivity index (χ4n) is 3.82. The minimum atomic E-state index is -0.0982. The van der Waals surface area contributed by atoms with E-state index in [1.807, 2.05) is 37.4 Å². The van der Waals surface area contributed by atoms with Gasteiger partial charge in [0.2, 0.25) is 5.91 Å². The number of nitrogens with zero attached hydrogens (tertiary/aromatic N) is 1. The van der Waals surface area contributed by atoms with Gasteiger partial charge in [-0.15, -0.1) is 0 Å². The summed E-state index contributed by atoms with van der Waals surface area (Å²) in [7, 11) is 0. The fraction of sp³-hybridized carbons (Fsp3) is 0.474. The quantitative estimate of drug-likeness (QED) is 0.665. The number of piperidine rings is 1. The van der Waals surface area contributed by atoms with Crippen molar-refractivity contribution in [2.75, 3.05) is 13.1 Å². The van der Waals surface area contributed by atoms with E-state index in [0.29, 0.717) is 12.0 Å². The maximum Gasteiger partial charge on any atom is 0.251 e. The first kappa shape index (κ1) is 17.1. The van der Waals surface area contributed by atoms with E-state index in [1.165, 1.54) is 0 Å². The SMILES string of the molecule is CC1CC(=O)NC(N2CCC(NC(=O)c3ccc4[nH]ccc4c3)CC2)N1. The van der Waals surface area contributed by atoms with E-state index in [2.05, 4.69) is 25.8 Å². The molecule has 2 amide bonds. The lowest BCUT2D eigenvalue weighted by molar-refractivity contribution is -0.127. The Morgan fingerprint density at radius 2 is 2.04 bits per heavy atom. The van der Waals surface area contributed by atoms with Crippen LogP contribution >= 0.6 is 0 Å². The summed E-state index contributed by atoms with van der Waals surface area (Å²) >= 11 is 0. The largest absolute Gasteiger partial charge is 0.361 e. The van der Waals surface area contributed by atoms with Gasteiger partial charge in [0, 0.05) is 54.3 Å². The van der Waals surface area contributed by atoms with E-state index >= 15 is 0 Å². The Kier molecular flexibility index (Phi) is 4.65. The van der Waals surface area contributed by atoms with Gasteiger partial charge in [0.25, 0.3) is 5.91 Å². The lowest BCUT2D eigenvalue weighted by Crippen LogP contribution is -2.65. The van der Waals surface area contributed by atoms with Gasteiger partial charge in [-0.05, 0) is 44.0 Å². The number of fused-ring (bicyclic) bond motifs is 1. The minimum Gasteiger partial charge on any atom is -0.361 e. The maximum absolute atomic E-state index is 12.5. The number of carbonyl (C=O) groups is 2. The van der Waals surface area contributed by atoms with Gasteiger partial charge in [-0.2, -0.15) is 0 Å². The zero-order valence-corrected chi connectivity index (χ0v) is 14.9. The molecular formula is C19H25N5O2. The minimum absolute atomic E-state index is 0.0238. The first-order valence-electron chi connectivity index (χ1n) is 9.26. The molecule has 2 unspecified atom stereocenters. The summed E-state index contributed by atoms with van der Waals surface area (Å²) in [5.41, 5.74) is 1.72. The molecule has 2 fully saturated rings. The van der Waals surface area contributed by atoms with Crippen LogP contribution in [0.3, 0.4) is 0 Å². The highest BCUT2D eigenvalue weighted by atomic mass is 16.2. The zero-order valence-electron chi connectivity index (χ0n) is 14.9. The van der Waals surface area contributed by atoms with E-state index in [0.717, 1.165) is 36.8 Å². The van der Waals surface area contributed by atoms with Crippen LogP contribution in [0.25, 0.3) is 10.9 Å². The lowest BCUT2D eigenvalue weighted by Gasteiger charge is -2.41. The van der Waals surface area contributed by atoms with E-state index in [1.54, 1.807) is 0 Å². The van der Waals surface area contributed by atoms with Crippen molar-refractivity contribution in [3.05, 3.63) is 36.0 Å². The number of H-pyrrole nitrogens is 1. The number of amides is 2. The number of benzene rings is 1. The molecule has 0 spiro atoms. The number of hydrogen-bond donors (Lipinski definition) is 4. The Labute approximate surface area is 152 Å². The van der Waals surface area contributed by atoms with E-state index in [9.17, 15) is 9.59 Å². The number of nitrogens with one attached hydrogen (secondary N) is 4. The molecule has 1 aromatic carbocycles. The second-order valence-corrected chi connectivity index (χ2v) is 7.31. The predicted octanol–water partition coefficient (Wildman–Crippen LogP) is 1.14. The van der Waals surface area contributed by atoms with E-state index in [4.69, 9.17) is 0 Å². The van der Waals surface area contributed by atoms with Gasteiger partial charge in [-0.1, -0.05) is 0 Å². The highest BCUT2D eigenvalue weighted by Crippen LogP contribution is 2.17. The van der Waals surface area contributed by atoms with Crippen LogP contribution in [0, 0.1) is 0 Å². The molecule has 2 aliphatic heterocycles. The molecular weight excluding hydrogens is 330 g/mol. The van der Waals surface area contributed by atoms with Crippen LogP contribution in [0.2, 0.25) is 0 Å². The molecule has 2 atom stereocenters. The van der Waals surface area contributed by atoms with Gasteiger partial charge in [-0.25, -0.2) is 0 Å². The Morgan fingerprint density at radius 3 is 2.81 bits per heavy atom. The molecule has 2 saturated heterocycles. The highest BCUT2D eigenvalue weighted by Gasteiger charge is 2.30. The van der Waals surface area contributed by atoms with Crippen LogP contribution < -0.4 is 16.0 Å². The Bertz CT molecular complexity index is 809. The topological polar surface area (TPSA) is 89.3 Å². The highest BCUT2D eigenvalue weighted by molar-refractivity contribution is 5.98. The van der Waals surface area contributed by atoms with Gasteiger partial charge in [0.15, 0.2) is 0 Å². The average molecular weight is 355 g/mol. The van der Waals surface area contributed by atoms with Crippen molar-refractivity contribution in [1.29, 1.82) is 0 Å². The van der Waals surface area contributed by atoms with Gasteiger partial charge in [0.1, 0.15) is 6.29 Å². The molecule has 4 N–H and O–H groups in total. The molecule has 0 aliphatic carbocycles. The van der Waals surface area contributed by atoms with Crippen molar-refractivity contribution in [3.8, 4) is 0 Å². The first-order chi connectivity index (χ1) is 12.6. The molecule has 1 aromatic heterocycles. The third kappa shape index (κ3) is 3.59. The fourth-order valence-corrected chi connectivity index (χ4v) is 3.82. The second-order valence-electron chi connectivity index (χ2n) is 7.31. The second kappa shape index (κ2) is 7.09. The molecule has 4 rings (SSSR count). The van der Waals surface area contributed by atoms with E-state index in [-0.39, 0.29) is 30.2 Å². The number of likely N-dealkylation sites (tertiary alicyclic amines) is 1. The van der Waals surface area contributed by atoms with Gasteiger partial charge in [0.05, 0.1) is 0 Å².